The van der Waals surface area contributed by atoms with Gasteiger partial charge >= 0.3 is 11.9 Å². The standard InChI is InChI=1S/C21H18O9.C13H14N2/c1-3-29-20(27)15-9-11(5-7-13(15)18(23)24)17(22)12-6-8-14(19(25)26)16(10-12)21(28)30-4-2;14-12-5-1-10(2-6-12)9-11-3-7-13(15)8-4-11/h5-10H,3-4H2,1-2H3,(H,23,24)(H,25,26);1-8H,9,14-15H2. The Labute approximate surface area is 259 Å². The summed E-state index contributed by atoms with van der Waals surface area (Å²) in [6.07, 6.45) is 0.973. The van der Waals surface area contributed by atoms with E-state index in [1.165, 1.54) is 25.0 Å². The fourth-order valence-corrected chi connectivity index (χ4v) is 4.20. The van der Waals surface area contributed by atoms with Crippen LogP contribution in [0.25, 0.3) is 0 Å². The third kappa shape index (κ3) is 9.17. The highest BCUT2D eigenvalue weighted by Crippen LogP contribution is 2.20. The van der Waals surface area contributed by atoms with Gasteiger partial charge in [-0.25, -0.2) is 9.59 Å². The molecule has 0 atom stereocenters. The van der Waals surface area contributed by atoms with E-state index < -0.39 is 40.8 Å². The smallest absolute Gasteiger partial charge is 0.338 e. The fraction of sp³-hybridized carbons (Fsp3) is 0.147. The summed E-state index contributed by atoms with van der Waals surface area (Å²) >= 11 is 0. The first-order chi connectivity index (χ1) is 21.4. The molecule has 0 spiro atoms. The molecule has 11 nitrogen and oxygen atoms in total. The van der Waals surface area contributed by atoms with Crippen molar-refractivity contribution in [3.8, 4) is 0 Å². The predicted octanol–water partition coefficient (Wildman–Crippen LogP) is 1.02. The Kier molecular flexibility index (Phi) is 11.8. The maximum absolute atomic E-state index is 12.8. The van der Waals surface area contributed by atoms with Crippen LogP contribution in [-0.2, 0) is 15.9 Å². The van der Waals surface area contributed by atoms with E-state index in [4.69, 9.17) is 9.47 Å². The number of benzene rings is 4. The van der Waals surface area contributed by atoms with Crippen LogP contribution >= 0.6 is 0 Å². The molecular weight excluding hydrogens is 580 g/mol. The highest BCUT2D eigenvalue weighted by molar-refractivity contribution is 6.13. The van der Waals surface area contributed by atoms with Crippen LogP contribution in [-0.4, -0.2) is 42.9 Å². The molecule has 0 radical (unpaired) electrons. The zero-order valence-electron chi connectivity index (χ0n) is 24.8. The van der Waals surface area contributed by atoms with E-state index in [9.17, 15) is 34.2 Å². The Morgan fingerprint density at radius 2 is 0.911 bits per heavy atom. The van der Waals surface area contributed by atoms with Crippen molar-refractivity contribution in [3.63, 3.8) is 0 Å². The van der Waals surface area contributed by atoms with Gasteiger partial charge < -0.3 is 40.7 Å². The quantitative estimate of drug-likeness (QED) is 0.193. The second-order valence-electron chi connectivity index (χ2n) is 9.68. The molecule has 0 saturated heterocycles. The van der Waals surface area contributed by atoms with Gasteiger partial charge in [-0.3, -0.25) is 4.79 Å². The molecule has 0 aliphatic heterocycles. The number of carbonyl (C=O) groups is 5. The van der Waals surface area contributed by atoms with Crippen molar-refractivity contribution >= 4 is 41.0 Å². The van der Waals surface area contributed by atoms with Gasteiger partial charge in [0, 0.05) is 22.3 Å². The summed E-state index contributed by atoms with van der Waals surface area (Å²) in [6, 6.07) is 23.1. The number of esters is 2. The Hall–Kier alpha value is -5.65. The van der Waals surface area contributed by atoms with E-state index >= 15 is 0 Å². The van der Waals surface area contributed by atoms with Gasteiger partial charge in [0.25, 0.3) is 0 Å². The number of aromatic carboxylic acids is 2. The maximum Gasteiger partial charge on any atom is 0.338 e. The lowest BCUT2D eigenvalue weighted by molar-refractivity contribution is -0.256. The summed E-state index contributed by atoms with van der Waals surface area (Å²) < 4.78 is 9.61. The molecule has 0 aliphatic carbocycles. The van der Waals surface area contributed by atoms with E-state index in [1.54, 1.807) is 0 Å². The van der Waals surface area contributed by atoms with Crippen LogP contribution in [0, 0.1) is 0 Å². The van der Waals surface area contributed by atoms with Crippen molar-refractivity contribution in [3.05, 3.63) is 129 Å². The summed E-state index contributed by atoms with van der Waals surface area (Å²) in [5.41, 5.74) is 10.7. The first-order valence-corrected chi connectivity index (χ1v) is 13.9. The Balaban J connectivity index is 0.000000305. The minimum Gasteiger partial charge on any atom is -0.545 e. The van der Waals surface area contributed by atoms with Crippen LogP contribution in [0.15, 0.2) is 84.9 Å². The Morgan fingerprint density at radius 3 is 1.22 bits per heavy atom. The van der Waals surface area contributed by atoms with Crippen LogP contribution < -0.4 is 21.7 Å². The highest BCUT2D eigenvalue weighted by Gasteiger charge is 2.21. The molecule has 11 heteroatoms. The largest absolute Gasteiger partial charge is 0.545 e. The monoisotopic (exact) mass is 612 g/mol. The van der Waals surface area contributed by atoms with Crippen molar-refractivity contribution in [2.24, 2.45) is 0 Å². The number of carboxylic acid groups (broad SMARTS) is 2. The number of carboxylic acids is 2. The number of rotatable bonds is 10. The summed E-state index contributed by atoms with van der Waals surface area (Å²) in [7, 11) is 0. The van der Waals surface area contributed by atoms with Crippen LogP contribution in [0.5, 0.6) is 0 Å². The van der Waals surface area contributed by atoms with Crippen LogP contribution in [0.4, 0.5) is 11.4 Å². The average Bonchev–Trinajstić information content (AvgIpc) is 3.02. The average molecular weight is 613 g/mol. The Morgan fingerprint density at radius 1 is 0.556 bits per heavy atom. The van der Waals surface area contributed by atoms with E-state index in [2.05, 4.69) is 35.7 Å². The van der Waals surface area contributed by atoms with E-state index in [0.29, 0.717) is 0 Å². The highest BCUT2D eigenvalue weighted by atomic mass is 16.5. The molecule has 6 N–H and O–H groups in total. The second-order valence-corrected chi connectivity index (χ2v) is 9.68. The molecular formula is C34H32N2O9. The Bertz CT molecular complexity index is 1590. The van der Waals surface area contributed by atoms with Crippen LogP contribution in [0.3, 0.4) is 0 Å². The molecule has 0 amide bonds. The molecule has 4 aromatic carbocycles. The van der Waals surface area contributed by atoms with Gasteiger partial charge in [0.2, 0.25) is 0 Å². The number of ketones is 1. The van der Waals surface area contributed by atoms with Crippen molar-refractivity contribution in [2.45, 2.75) is 20.3 Å². The maximum atomic E-state index is 12.8. The van der Waals surface area contributed by atoms with Gasteiger partial charge in [-0.15, -0.1) is 0 Å². The van der Waals surface area contributed by atoms with Gasteiger partial charge in [-0.1, -0.05) is 48.5 Å². The third-order valence-corrected chi connectivity index (χ3v) is 6.45. The van der Waals surface area contributed by atoms with E-state index in [0.717, 1.165) is 54.2 Å². The molecule has 0 bridgehead atoms. The molecule has 232 valence electrons. The summed E-state index contributed by atoms with van der Waals surface area (Å²) in [4.78, 5) is 59.5. The van der Waals surface area contributed by atoms with Gasteiger partial charge in [-0.2, -0.15) is 0 Å². The lowest BCUT2D eigenvalue weighted by atomic mass is 9.95. The lowest BCUT2D eigenvalue weighted by Crippen LogP contribution is -2.39. The minimum atomic E-state index is -1.63. The SMILES string of the molecule is CCOC(=O)c1cc(C(=O)c2ccc(C(=O)[O-])c(C(=O)OCC)c2)ccc1C(=O)[O-].[NH3+]c1ccc(Cc2ccc([NH3+])cc2)cc1. The molecule has 4 rings (SSSR count). The van der Waals surface area contributed by atoms with Gasteiger partial charge in [0.05, 0.1) is 36.3 Å². The minimum absolute atomic E-state index is 0.0168. The molecule has 45 heavy (non-hydrogen) atoms. The number of hydrogen-bond acceptors (Lipinski definition) is 9. The molecule has 0 heterocycles. The lowest BCUT2D eigenvalue weighted by Gasteiger charge is -2.13. The normalized spacial score (nSPS) is 10.2. The first-order valence-electron chi connectivity index (χ1n) is 13.9. The second kappa shape index (κ2) is 15.7. The van der Waals surface area contributed by atoms with Crippen LogP contribution in [0.2, 0.25) is 0 Å². The third-order valence-electron chi connectivity index (χ3n) is 6.45. The van der Waals surface area contributed by atoms with Crippen molar-refractivity contribution in [2.75, 3.05) is 13.2 Å². The summed E-state index contributed by atoms with van der Waals surface area (Å²) in [6.45, 7) is 3.02. The molecule has 0 fully saturated rings. The van der Waals surface area contributed by atoms with Gasteiger partial charge in [0.15, 0.2) is 5.78 Å². The summed E-state index contributed by atoms with van der Waals surface area (Å²) in [5.74, 6) is -5.85. The number of carbonyl (C=O) groups excluding carboxylic acids is 5. The molecule has 0 saturated carbocycles. The topological polar surface area (TPSA) is 205 Å². The van der Waals surface area contributed by atoms with Gasteiger partial charge in [-0.05, 0) is 67.8 Å². The predicted molar refractivity (Wildman–Crippen MR) is 158 cm³/mol. The summed E-state index contributed by atoms with van der Waals surface area (Å²) in [5, 5.41) is 22.5. The van der Waals surface area contributed by atoms with Crippen molar-refractivity contribution in [1.82, 2.24) is 0 Å². The van der Waals surface area contributed by atoms with Crippen LogP contribution in [0.1, 0.15) is 82.3 Å². The van der Waals surface area contributed by atoms with E-state index in [1.807, 2.05) is 24.3 Å². The molecule has 4 aromatic rings. The van der Waals surface area contributed by atoms with E-state index in [-0.39, 0.29) is 35.5 Å². The molecule has 0 unspecified atom stereocenters. The molecule has 0 aliphatic rings. The zero-order valence-corrected chi connectivity index (χ0v) is 24.8. The number of hydrogen-bond donors (Lipinski definition) is 2. The van der Waals surface area contributed by atoms with Gasteiger partial charge in [0.1, 0.15) is 11.4 Å². The fourth-order valence-electron chi connectivity index (χ4n) is 4.20. The zero-order chi connectivity index (χ0) is 33.1. The number of ether oxygens (including phenoxy) is 2. The van der Waals surface area contributed by atoms with Crippen molar-refractivity contribution < 1.29 is 55.1 Å². The van der Waals surface area contributed by atoms with Crippen molar-refractivity contribution in [1.29, 1.82) is 0 Å². The number of quaternary nitrogens is 2. The molecule has 0 aromatic heterocycles. The first kappa shape index (κ1) is 33.8.